The molecule has 7 nitrogen and oxygen atoms in total. The van der Waals surface area contributed by atoms with Crippen LogP contribution in [0.2, 0.25) is 0 Å². The Morgan fingerprint density at radius 2 is 2.00 bits per heavy atom. The number of pyridine rings is 1. The molecule has 0 unspecified atom stereocenters. The number of fused-ring (bicyclic) bond motifs is 1. The van der Waals surface area contributed by atoms with Crippen molar-refractivity contribution in [3.05, 3.63) is 54.6 Å². The van der Waals surface area contributed by atoms with Gasteiger partial charge in [-0.1, -0.05) is 25.0 Å². The Morgan fingerprint density at radius 1 is 1.11 bits per heavy atom. The maximum absolute atomic E-state index is 10.7. The third-order valence-electron chi connectivity index (χ3n) is 5.40. The molecule has 0 saturated heterocycles. The first-order valence-corrected chi connectivity index (χ1v) is 9.27. The lowest BCUT2D eigenvalue weighted by Gasteiger charge is -2.17. The third kappa shape index (κ3) is 2.90. The fraction of sp³-hybridized carbons (Fsp3) is 0.300. The molecule has 27 heavy (non-hydrogen) atoms. The van der Waals surface area contributed by atoms with Gasteiger partial charge in [0.05, 0.1) is 18.0 Å². The molecule has 1 fully saturated rings. The van der Waals surface area contributed by atoms with Crippen molar-refractivity contribution in [2.24, 2.45) is 5.92 Å². The van der Waals surface area contributed by atoms with Gasteiger partial charge in [0.25, 0.3) is 0 Å². The van der Waals surface area contributed by atoms with E-state index in [9.17, 15) is 5.11 Å². The molecule has 1 aromatic carbocycles. The van der Waals surface area contributed by atoms with Crippen molar-refractivity contribution in [3.63, 3.8) is 0 Å². The van der Waals surface area contributed by atoms with Gasteiger partial charge in [-0.05, 0) is 42.5 Å². The van der Waals surface area contributed by atoms with Crippen LogP contribution in [0.5, 0.6) is 0 Å². The fourth-order valence-electron chi connectivity index (χ4n) is 3.96. The molecule has 0 aliphatic heterocycles. The lowest BCUT2D eigenvalue weighted by Crippen LogP contribution is -2.09. The molecule has 0 amide bonds. The van der Waals surface area contributed by atoms with Crippen molar-refractivity contribution < 1.29 is 5.11 Å². The molecule has 1 atom stereocenters. The van der Waals surface area contributed by atoms with E-state index < -0.39 is 6.10 Å². The van der Waals surface area contributed by atoms with Crippen LogP contribution in [-0.4, -0.2) is 35.1 Å². The Kier molecular flexibility index (Phi) is 3.94. The number of rotatable bonds is 4. The standard InChI is InChI=1S/C20H20N6O/c27-18(13-4-1-2-5-13)15-8-16-11-24-26(20(16)21-10-15)17-7-3-6-14(9-17)19-22-12-23-25-19/h3,6-13,18,27H,1-2,4-5H2,(H,22,23,25)/t18-/m0/s1. The van der Waals surface area contributed by atoms with Gasteiger partial charge in [0, 0.05) is 17.1 Å². The molecule has 7 heteroatoms. The van der Waals surface area contributed by atoms with E-state index in [4.69, 9.17) is 0 Å². The summed E-state index contributed by atoms with van der Waals surface area (Å²) in [7, 11) is 0. The molecule has 136 valence electrons. The average Bonchev–Trinajstić information content (AvgIpc) is 3.48. The predicted octanol–water partition coefficient (Wildman–Crippen LogP) is 3.43. The molecule has 0 radical (unpaired) electrons. The van der Waals surface area contributed by atoms with E-state index in [1.54, 1.807) is 17.1 Å². The van der Waals surface area contributed by atoms with Crippen molar-refractivity contribution in [2.75, 3.05) is 0 Å². The van der Waals surface area contributed by atoms with Crippen LogP contribution >= 0.6 is 0 Å². The highest BCUT2D eigenvalue weighted by molar-refractivity contribution is 5.77. The van der Waals surface area contributed by atoms with Gasteiger partial charge < -0.3 is 5.11 Å². The normalized spacial score (nSPS) is 16.2. The van der Waals surface area contributed by atoms with Crippen molar-refractivity contribution in [1.82, 2.24) is 29.9 Å². The van der Waals surface area contributed by atoms with Gasteiger partial charge >= 0.3 is 0 Å². The van der Waals surface area contributed by atoms with Gasteiger partial charge in [0.1, 0.15) is 6.33 Å². The average molecular weight is 360 g/mol. The summed E-state index contributed by atoms with van der Waals surface area (Å²) >= 11 is 0. The monoisotopic (exact) mass is 360 g/mol. The number of aromatic nitrogens is 6. The summed E-state index contributed by atoms with van der Waals surface area (Å²) in [4.78, 5) is 8.81. The van der Waals surface area contributed by atoms with E-state index in [1.807, 2.05) is 30.3 Å². The van der Waals surface area contributed by atoms with Crippen molar-refractivity contribution in [2.45, 2.75) is 31.8 Å². The van der Waals surface area contributed by atoms with Gasteiger partial charge in [-0.25, -0.2) is 14.6 Å². The van der Waals surface area contributed by atoms with E-state index >= 15 is 0 Å². The Labute approximate surface area is 156 Å². The number of aromatic amines is 1. The van der Waals surface area contributed by atoms with Crippen LogP contribution in [0, 0.1) is 5.92 Å². The first-order valence-electron chi connectivity index (χ1n) is 9.27. The summed E-state index contributed by atoms with van der Waals surface area (Å²) in [5.41, 5.74) is 3.48. The zero-order chi connectivity index (χ0) is 18.2. The zero-order valence-corrected chi connectivity index (χ0v) is 14.8. The van der Waals surface area contributed by atoms with Crippen molar-refractivity contribution >= 4 is 11.0 Å². The molecule has 4 aromatic rings. The molecule has 0 spiro atoms. The summed E-state index contributed by atoms with van der Waals surface area (Å²) in [5, 5.41) is 22.9. The Balaban J connectivity index is 1.51. The number of aliphatic hydroxyl groups is 1. The summed E-state index contributed by atoms with van der Waals surface area (Å²) < 4.78 is 1.81. The van der Waals surface area contributed by atoms with Gasteiger partial charge in [-0.15, -0.1) is 0 Å². The molecule has 1 aliphatic rings. The lowest BCUT2D eigenvalue weighted by molar-refractivity contribution is 0.111. The highest BCUT2D eigenvalue weighted by Crippen LogP contribution is 2.36. The minimum Gasteiger partial charge on any atom is -0.388 e. The number of nitrogens with zero attached hydrogens (tertiary/aromatic N) is 5. The number of benzene rings is 1. The van der Waals surface area contributed by atoms with Crippen LogP contribution in [0.3, 0.4) is 0 Å². The second-order valence-corrected chi connectivity index (χ2v) is 7.11. The Bertz CT molecular complexity index is 1070. The number of nitrogens with one attached hydrogen (secondary N) is 1. The Morgan fingerprint density at radius 3 is 2.81 bits per heavy atom. The smallest absolute Gasteiger partial charge is 0.162 e. The van der Waals surface area contributed by atoms with E-state index in [0.29, 0.717) is 11.7 Å². The minimum absolute atomic E-state index is 0.345. The molecule has 3 heterocycles. The van der Waals surface area contributed by atoms with E-state index in [0.717, 1.165) is 40.7 Å². The summed E-state index contributed by atoms with van der Waals surface area (Å²) in [5.74, 6) is 1.06. The van der Waals surface area contributed by atoms with Crippen LogP contribution in [0.25, 0.3) is 28.1 Å². The predicted molar refractivity (Wildman–Crippen MR) is 101 cm³/mol. The number of hydrogen-bond donors (Lipinski definition) is 2. The first-order chi connectivity index (χ1) is 13.3. The van der Waals surface area contributed by atoms with Crippen LogP contribution in [0.15, 0.2) is 49.1 Å². The number of aliphatic hydroxyl groups excluding tert-OH is 1. The highest BCUT2D eigenvalue weighted by Gasteiger charge is 2.25. The van der Waals surface area contributed by atoms with E-state index in [2.05, 4.69) is 25.3 Å². The summed E-state index contributed by atoms with van der Waals surface area (Å²) in [6.45, 7) is 0. The van der Waals surface area contributed by atoms with Crippen LogP contribution in [0.1, 0.15) is 37.4 Å². The largest absolute Gasteiger partial charge is 0.388 e. The molecule has 3 aromatic heterocycles. The second kappa shape index (κ2) is 6.59. The van der Waals surface area contributed by atoms with Gasteiger partial charge in [-0.3, -0.25) is 5.10 Å². The fourth-order valence-corrected chi connectivity index (χ4v) is 3.96. The number of hydrogen-bond acceptors (Lipinski definition) is 5. The highest BCUT2D eigenvalue weighted by atomic mass is 16.3. The molecular formula is C20H20N6O. The SMILES string of the molecule is O[C@H](c1cnc2c(cnn2-c2cccc(-c3ncn[nH]3)c2)c1)C1CCCC1. The molecule has 1 aliphatic carbocycles. The molecule has 2 N–H and O–H groups in total. The maximum Gasteiger partial charge on any atom is 0.162 e. The molecular weight excluding hydrogens is 340 g/mol. The van der Waals surface area contributed by atoms with Gasteiger partial charge in [0.2, 0.25) is 0 Å². The van der Waals surface area contributed by atoms with Gasteiger partial charge in [-0.2, -0.15) is 10.2 Å². The Hall–Kier alpha value is -3.06. The quantitative estimate of drug-likeness (QED) is 0.582. The van der Waals surface area contributed by atoms with Crippen LogP contribution in [-0.2, 0) is 0 Å². The summed E-state index contributed by atoms with van der Waals surface area (Å²) in [6, 6.07) is 9.92. The first kappa shape index (κ1) is 16.1. The lowest BCUT2D eigenvalue weighted by atomic mass is 9.95. The zero-order valence-electron chi connectivity index (χ0n) is 14.8. The van der Waals surface area contributed by atoms with Crippen molar-refractivity contribution in [3.8, 4) is 17.1 Å². The van der Waals surface area contributed by atoms with Crippen molar-refractivity contribution in [1.29, 1.82) is 0 Å². The van der Waals surface area contributed by atoms with E-state index in [-0.39, 0.29) is 0 Å². The summed E-state index contributed by atoms with van der Waals surface area (Å²) in [6.07, 6.45) is 9.22. The van der Waals surface area contributed by atoms with Crippen LogP contribution in [0.4, 0.5) is 0 Å². The molecule has 5 rings (SSSR count). The second-order valence-electron chi connectivity index (χ2n) is 7.11. The number of H-pyrrole nitrogens is 1. The topological polar surface area (TPSA) is 92.5 Å². The minimum atomic E-state index is -0.442. The molecule has 0 bridgehead atoms. The van der Waals surface area contributed by atoms with Gasteiger partial charge in [0.15, 0.2) is 11.5 Å². The third-order valence-corrected chi connectivity index (χ3v) is 5.40. The van der Waals surface area contributed by atoms with Crippen LogP contribution < -0.4 is 0 Å². The maximum atomic E-state index is 10.7. The van der Waals surface area contributed by atoms with E-state index in [1.165, 1.54) is 19.2 Å². The molecule has 1 saturated carbocycles.